The summed E-state index contributed by atoms with van der Waals surface area (Å²) in [5.41, 5.74) is 5.64. The molecule has 0 aliphatic carbocycles. The summed E-state index contributed by atoms with van der Waals surface area (Å²) in [7, 11) is 0. The molecule has 5 rings (SSSR count). The lowest BCUT2D eigenvalue weighted by molar-refractivity contribution is 0.0945. The van der Waals surface area contributed by atoms with Crippen molar-refractivity contribution < 1.29 is 4.79 Å². The Morgan fingerprint density at radius 2 is 1.63 bits per heavy atom. The van der Waals surface area contributed by atoms with E-state index in [-0.39, 0.29) is 5.91 Å². The molecule has 0 radical (unpaired) electrons. The van der Waals surface area contributed by atoms with Crippen LogP contribution in [0.5, 0.6) is 0 Å². The maximum absolute atomic E-state index is 13.1. The molecule has 30 heavy (non-hydrogen) atoms. The van der Waals surface area contributed by atoms with Crippen LogP contribution in [0.3, 0.4) is 0 Å². The fourth-order valence-corrected chi connectivity index (χ4v) is 3.94. The molecule has 0 N–H and O–H groups in total. The molecule has 0 saturated carbocycles. The van der Waals surface area contributed by atoms with Gasteiger partial charge in [0, 0.05) is 5.75 Å². The van der Waals surface area contributed by atoms with E-state index in [1.807, 2.05) is 36.4 Å². The van der Waals surface area contributed by atoms with E-state index in [9.17, 15) is 4.79 Å². The lowest BCUT2D eigenvalue weighted by atomic mass is 10.1. The van der Waals surface area contributed by atoms with Crippen molar-refractivity contribution in [3.8, 4) is 0 Å². The average Bonchev–Trinajstić information content (AvgIpc) is 3.25. The summed E-state index contributed by atoms with van der Waals surface area (Å²) in [5, 5.41) is 4.92. The fraction of sp³-hybridized carbons (Fsp3) is 0.0870. The van der Waals surface area contributed by atoms with E-state index in [0.717, 1.165) is 16.8 Å². The number of aromatic nitrogens is 5. The molecule has 0 aliphatic heterocycles. The smallest absolute Gasteiger partial charge is 0.267 e. The van der Waals surface area contributed by atoms with E-state index in [2.05, 4.69) is 51.2 Å². The summed E-state index contributed by atoms with van der Waals surface area (Å²) < 4.78 is 1.27. The van der Waals surface area contributed by atoms with Gasteiger partial charge in [-0.2, -0.15) is 4.68 Å². The molecule has 0 unspecified atom stereocenters. The van der Waals surface area contributed by atoms with Crippen molar-refractivity contribution in [3.05, 3.63) is 89.7 Å². The predicted octanol–water partition coefficient (Wildman–Crippen LogP) is 4.66. The van der Waals surface area contributed by atoms with Crippen LogP contribution in [0, 0.1) is 6.92 Å². The number of thioether (sulfide) groups is 1. The molecule has 2 heterocycles. The highest BCUT2D eigenvalue weighted by molar-refractivity contribution is 7.98. The summed E-state index contributed by atoms with van der Waals surface area (Å²) >= 11 is 1.50. The summed E-state index contributed by atoms with van der Waals surface area (Å²) in [5.74, 6) is 0.462. The molecule has 0 aliphatic rings. The van der Waals surface area contributed by atoms with Gasteiger partial charge < -0.3 is 0 Å². The maximum atomic E-state index is 13.1. The van der Waals surface area contributed by atoms with Crippen LogP contribution in [-0.2, 0) is 5.75 Å². The lowest BCUT2D eigenvalue weighted by Gasteiger charge is -2.06. The molecule has 0 fully saturated rings. The molecular weight excluding hydrogens is 394 g/mol. The van der Waals surface area contributed by atoms with E-state index in [4.69, 9.17) is 0 Å². The number of carbonyl (C=O) groups excluding carboxylic acids is 1. The van der Waals surface area contributed by atoms with Gasteiger partial charge in [0.05, 0.1) is 22.1 Å². The fourth-order valence-electron chi connectivity index (χ4n) is 3.18. The largest absolute Gasteiger partial charge is 0.281 e. The van der Waals surface area contributed by atoms with Crippen LogP contribution < -0.4 is 0 Å². The summed E-state index contributed by atoms with van der Waals surface area (Å²) in [6.07, 6.45) is 1.45. The van der Waals surface area contributed by atoms with Crippen LogP contribution in [0.15, 0.2) is 78.2 Å². The van der Waals surface area contributed by atoms with Crippen LogP contribution in [0.25, 0.3) is 22.1 Å². The Morgan fingerprint density at radius 1 is 0.900 bits per heavy atom. The highest BCUT2D eigenvalue weighted by atomic mass is 32.2. The van der Waals surface area contributed by atoms with Crippen molar-refractivity contribution >= 4 is 39.7 Å². The number of hydrogen-bond donors (Lipinski definition) is 0. The van der Waals surface area contributed by atoms with Gasteiger partial charge in [-0.3, -0.25) is 4.79 Å². The van der Waals surface area contributed by atoms with Crippen molar-refractivity contribution in [3.63, 3.8) is 0 Å². The van der Waals surface area contributed by atoms with Gasteiger partial charge in [-0.1, -0.05) is 59.8 Å². The van der Waals surface area contributed by atoms with Crippen LogP contribution in [0.4, 0.5) is 0 Å². The first-order valence-electron chi connectivity index (χ1n) is 9.47. The Balaban J connectivity index is 1.42. The van der Waals surface area contributed by atoms with Crippen LogP contribution in [-0.4, -0.2) is 30.6 Å². The van der Waals surface area contributed by atoms with E-state index >= 15 is 0 Å². The monoisotopic (exact) mass is 411 g/mol. The van der Waals surface area contributed by atoms with Gasteiger partial charge in [0.15, 0.2) is 0 Å². The van der Waals surface area contributed by atoms with E-state index in [0.29, 0.717) is 21.8 Å². The number of fused-ring (bicyclic) bond motifs is 2. The van der Waals surface area contributed by atoms with Crippen molar-refractivity contribution in [2.75, 3.05) is 0 Å². The van der Waals surface area contributed by atoms with Crippen LogP contribution >= 0.6 is 11.8 Å². The highest BCUT2D eigenvalue weighted by Crippen LogP contribution is 2.22. The van der Waals surface area contributed by atoms with Gasteiger partial charge >= 0.3 is 0 Å². The van der Waals surface area contributed by atoms with Crippen LogP contribution in [0.2, 0.25) is 0 Å². The number of benzene rings is 3. The van der Waals surface area contributed by atoms with Crippen molar-refractivity contribution in [1.29, 1.82) is 0 Å². The first-order chi connectivity index (χ1) is 14.7. The Labute approximate surface area is 177 Å². The highest BCUT2D eigenvalue weighted by Gasteiger charge is 2.16. The SMILES string of the molecule is Cc1ccc(CSc2ncn(C(=O)c3cccc4nc5ccccc5nc34)n2)cc1. The topological polar surface area (TPSA) is 73.6 Å². The summed E-state index contributed by atoms with van der Waals surface area (Å²) in [6, 6.07) is 21.4. The number of carbonyl (C=O) groups is 1. The van der Waals surface area contributed by atoms with Gasteiger partial charge in [0.2, 0.25) is 5.16 Å². The molecule has 3 aromatic carbocycles. The lowest BCUT2D eigenvalue weighted by Crippen LogP contribution is -2.13. The van der Waals surface area contributed by atoms with Crippen molar-refractivity contribution in [2.24, 2.45) is 0 Å². The average molecular weight is 411 g/mol. The Hall–Kier alpha value is -3.58. The zero-order valence-electron chi connectivity index (χ0n) is 16.2. The zero-order chi connectivity index (χ0) is 20.5. The molecule has 2 aromatic heterocycles. The molecule has 0 bridgehead atoms. The minimum atomic E-state index is -0.278. The first kappa shape index (κ1) is 18.4. The summed E-state index contributed by atoms with van der Waals surface area (Å²) in [4.78, 5) is 26.7. The molecule has 0 saturated heterocycles. The number of hydrogen-bond acceptors (Lipinski definition) is 6. The van der Waals surface area contributed by atoms with Gasteiger partial charge in [-0.25, -0.2) is 15.0 Å². The Bertz CT molecular complexity index is 1380. The molecule has 0 spiro atoms. The quantitative estimate of drug-likeness (QED) is 0.316. The Kier molecular flexibility index (Phi) is 4.72. The third kappa shape index (κ3) is 3.55. The predicted molar refractivity (Wildman–Crippen MR) is 118 cm³/mol. The minimum Gasteiger partial charge on any atom is -0.267 e. The maximum Gasteiger partial charge on any atom is 0.281 e. The van der Waals surface area contributed by atoms with Crippen molar-refractivity contribution in [1.82, 2.24) is 24.7 Å². The Morgan fingerprint density at radius 3 is 2.43 bits per heavy atom. The second-order valence-electron chi connectivity index (χ2n) is 6.94. The van der Waals surface area contributed by atoms with Gasteiger partial charge in [0.25, 0.3) is 5.91 Å². The van der Waals surface area contributed by atoms with E-state index in [1.54, 1.807) is 6.07 Å². The van der Waals surface area contributed by atoms with Gasteiger partial charge in [-0.05, 0) is 36.8 Å². The van der Waals surface area contributed by atoms with Gasteiger partial charge in [-0.15, -0.1) is 5.10 Å². The van der Waals surface area contributed by atoms with Crippen molar-refractivity contribution in [2.45, 2.75) is 17.8 Å². The number of aryl methyl sites for hydroxylation is 1. The summed E-state index contributed by atoms with van der Waals surface area (Å²) in [6.45, 7) is 2.06. The molecule has 0 amide bonds. The number of rotatable bonds is 4. The zero-order valence-corrected chi connectivity index (χ0v) is 17.0. The van der Waals surface area contributed by atoms with Crippen LogP contribution in [0.1, 0.15) is 21.5 Å². The van der Waals surface area contributed by atoms with E-state index < -0.39 is 0 Å². The third-order valence-corrected chi connectivity index (χ3v) is 5.69. The number of para-hydroxylation sites is 3. The normalized spacial score (nSPS) is 11.2. The molecule has 146 valence electrons. The first-order valence-corrected chi connectivity index (χ1v) is 10.5. The van der Waals surface area contributed by atoms with E-state index in [1.165, 1.54) is 33.9 Å². The second kappa shape index (κ2) is 7.68. The third-order valence-electron chi connectivity index (χ3n) is 4.77. The van der Waals surface area contributed by atoms with Gasteiger partial charge in [0.1, 0.15) is 11.8 Å². The molecule has 5 aromatic rings. The molecular formula is C23H17N5OS. The molecule has 6 nitrogen and oxygen atoms in total. The molecule has 7 heteroatoms. The minimum absolute atomic E-state index is 0.278. The molecule has 0 atom stereocenters. The number of nitrogens with zero attached hydrogens (tertiary/aromatic N) is 5. The standard InChI is InChI=1S/C23H17N5OS/c1-15-9-11-16(12-10-15)13-30-23-24-14-28(27-23)22(29)17-5-4-8-20-21(17)26-19-7-3-2-6-18(19)25-20/h2-12,14H,13H2,1H3. The second-order valence-corrected chi connectivity index (χ2v) is 7.88.